The van der Waals surface area contributed by atoms with Gasteiger partial charge >= 0.3 is 0 Å². The Morgan fingerprint density at radius 1 is 1.30 bits per heavy atom. The van der Waals surface area contributed by atoms with Gasteiger partial charge in [-0.25, -0.2) is 0 Å². The predicted molar refractivity (Wildman–Crippen MR) is 97.9 cm³/mol. The fraction of sp³-hybridized carbons (Fsp3) is 0.929. The lowest BCUT2D eigenvalue weighted by atomic mass is 10.1. The third kappa shape index (κ3) is 11.3. The lowest BCUT2D eigenvalue weighted by Gasteiger charge is -2.29. The first-order chi connectivity index (χ1) is 10.7. The number of unbranched alkanes of at least 4 members (excludes halogenated alkanes) is 1. The summed E-state index contributed by atoms with van der Waals surface area (Å²) in [6.07, 6.45) is 5.43. The molecule has 0 saturated carbocycles. The van der Waals surface area contributed by atoms with Crippen LogP contribution in [0.15, 0.2) is 0 Å². The molecule has 0 radical (unpaired) electrons. The van der Waals surface area contributed by atoms with Gasteiger partial charge in [0.15, 0.2) is 6.67 Å². The first-order valence-corrected chi connectivity index (χ1v) is 12.0. The van der Waals surface area contributed by atoms with E-state index >= 15 is 0 Å². The van der Waals surface area contributed by atoms with Crippen LogP contribution in [0.1, 0.15) is 38.5 Å². The van der Waals surface area contributed by atoms with Crippen LogP contribution in [0, 0.1) is 0 Å². The molecule has 0 aromatic heterocycles. The lowest BCUT2D eigenvalue weighted by molar-refractivity contribution is -0.892. The van der Waals surface area contributed by atoms with Gasteiger partial charge in [0, 0.05) is 23.8 Å². The summed E-state index contributed by atoms with van der Waals surface area (Å²) in [6, 6.07) is 0. The zero-order chi connectivity index (χ0) is 17.3. The van der Waals surface area contributed by atoms with Crippen LogP contribution in [0.5, 0.6) is 0 Å². The Hall–Kier alpha value is 0.0400. The highest BCUT2D eigenvalue weighted by atomic mass is 33.1. The van der Waals surface area contributed by atoms with Gasteiger partial charge in [-0.2, -0.15) is 8.42 Å². The fourth-order valence-corrected chi connectivity index (χ4v) is 5.89. The van der Waals surface area contributed by atoms with Gasteiger partial charge in [0.25, 0.3) is 10.1 Å². The molecule has 1 fully saturated rings. The summed E-state index contributed by atoms with van der Waals surface area (Å²) in [4.78, 5) is 11.9. The zero-order valence-electron chi connectivity index (χ0n) is 14.0. The summed E-state index contributed by atoms with van der Waals surface area (Å²) in [5.41, 5.74) is 0. The highest BCUT2D eigenvalue weighted by Crippen LogP contribution is 2.39. The van der Waals surface area contributed by atoms with Crippen molar-refractivity contribution in [1.29, 1.82) is 0 Å². The molecule has 23 heavy (non-hydrogen) atoms. The molecule has 136 valence electrons. The molecule has 9 heteroatoms. The molecular formula is C14H29N2O4S3+. The molecule has 0 spiro atoms. The maximum absolute atomic E-state index is 11.9. The SMILES string of the molecule is C[N+](C)(CCCS(=O)(=O)O)CNC(=O)CCCCC1CCSS1. The van der Waals surface area contributed by atoms with Crippen molar-refractivity contribution < 1.29 is 22.2 Å². The maximum atomic E-state index is 11.9. The molecule has 1 saturated heterocycles. The molecule has 0 aromatic rings. The summed E-state index contributed by atoms with van der Waals surface area (Å²) in [5.74, 6) is 1.07. The van der Waals surface area contributed by atoms with Crippen molar-refractivity contribution >= 4 is 37.6 Å². The first-order valence-electron chi connectivity index (χ1n) is 8.00. The quantitative estimate of drug-likeness (QED) is 0.186. The van der Waals surface area contributed by atoms with Gasteiger partial charge in [0.05, 0.1) is 26.4 Å². The third-order valence-electron chi connectivity index (χ3n) is 3.78. The number of rotatable bonds is 11. The molecule has 1 aliphatic heterocycles. The maximum Gasteiger partial charge on any atom is 0.265 e. The van der Waals surface area contributed by atoms with Crippen LogP contribution >= 0.6 is 21.6 Å². The second-order valence-electron chi connectivity index (χ2n) is 6.63. The van der Waals surface area contributed by atoms with Crippen LogP contribution in [0.3, 0.4) is 0 Å². The fourth-order valence-electron chi connectivity index (χ4n) is 2.37. The van der Waals surface area contributed by atoms with Gasteiger partial charge in [-0.15, -0.1) is 0 Å². The van der Waals surface area contributed by atoms with Gasteiger partial charge in [0.2, 0.25) is 5.91 Å². The number of quaternary nitrogens is 1. The largest absolute Gasteiger partial charge is 0.311 e. The van der Waals surface area contributed by atoms with Gasteiger partial charge in [-0.3, -0.25) is 9.35 Å². The van der Waals surface area contributed by atoms with Crippen molar-refractivity contribution in [3.8, 4) is 0 Å². The average molecular weight is 386 g/mol. The van der Waals surface area contributed by atoms with Crippen LogP contribution in [-0.2, 0) is 14.9 Å². The second-order valence-corrected chi connectivity index (χ2v) is 11.0. The molecule has 0 bridgehead atoms. The zero-order valence-corrected chi connectivity index (χ0v) is 16.4. The van der Waals surface area contributed by atoms with Crippen molar-refractivity contribution in [2.45, 2.75) is 43.8 Å². The van der Waals surface area contributed by atoms with Crippen molar-refractivity contribution in [1.82, 2.24) is 5.32 Å². The predicted octanol–water partition coefficient (Wildman–Crippen LogP) is 2.13. The van der Waals surface area contributed by atoms with E-state index in [2.05, 4.69) is 5.32 Å². The third-order valence-corrected chi connectivity index (χ3v) is 7.59. The van der Waals surface area contributed by atoms with Gasteiger partial charge in [-0.05, 0) is 19.3 Å². The molecule has 1 rings (SSSR count). The van der Waals surface area contributed by atoms with Crippen LogP contribution in [0.2, 0.25) is 0 Å². The highest BCUT2D eigenvalue weighted by molar-refractivity contribution is 8.77. The molecule has 0 aromatic carbocycles. The number of carbonyl (C=O) groups is 1. The number of hydrogen-bond donors (Lipinski definition) is 2. The highest BCUT2D eigenvalue weighted by Gasteiger charge is 2.18. The molecule has 0 aliphatic carbocycles. The summed E-state index contributed by atoms with van der Waals surface area (Å²) >= 11 is 0. The van der Waals surface area contributed by atoms with Crippen molar-refractivity contribution in [2.75, 3.05) is 38.8 Å². The van der Waals surface area contributed by atoms with E-state index in [1.165, 1.54) is 18.6 Å². The molecule has 1 heterocycles. The Kier molecular flexibility index (Phi) is 9.28. The van der Waals surface area contributed by atoms with E-state index in [1.807, 2.05) is 35.7 Å². The Balaban J connectivity index is 2.08. The number of nitrogens with one attached hydrogen (secondary N) is 1. The van der Waals surface area contributed by atoms with E-state index in [1.54, 1.807) is 0 Å². The average Bonchev–Trinajstić information content (AvgIpc) is 2.93. The Bertz CT molecular complexity index is 463. The summed E-state index contributed by atoms with van der Waals surface area (Å²) in [5, 5.41) is 3.68. The van der Waals surface area contributed by atoms with E-state index in [0.29, 0.717) is 30.5 Å². The number of nitrogens with zero attached hydrogens (tertiary/aromatic N) is 1. The van der Waals surface area contributed by atoms with E-state index in [-0.39, 0.29) is 11.7 Å². The van der Waals surface area contributed by atoms with Crippen LogP contribution < -0.4 is 5.32 Å². The minimum atomic E-state index is -3.90. The van der Waals surface area contributed by atoms with Crippen molar-refractivity contribution in [3.05, 3.63) is 0 Å². The number of carbonyl (C=O) groups excluding carboxylic acids is 1. The molecule has 2 N–H and O–H groups in total. The van der Waals surface area contributed by atoms with E-state index in [4.69, 9.17) is 4.55 Å². The van der Waals surface area contributed by atoms with Gasteiger partial charge in [0.1, 0.15) is 0 Å². The smallest absolute Gasteiger partial charge is 0.265 e. The minimum absolute atomic E-state index is 0.0550. The second kappa shape index (κ2) is 10.1. The molecule has 1 unspecified atom stereocenters. The molecule has 1 aliphatic rings. The van der Waals surface area contributed by atoms with Gasteiger partial charge in [-0.1, -0.05) is 28.0 Å². The molecular weight excluding hydrogens is 356 g/mol. The summed E-state index contributed by atoms with van der Waals surface area (Å²) in [7, 11) is 3.88. The number of amides is 1. The van der Waals surface area contributed by atoms with Crippen LogP contribution in [-0.4, -0.2) is 67.4 Å². The normalized spacial score (nSPS) is 19.0. The van der Waals surface area contributed by atoms with Crippen LogP contribution in [0.4, 0.5) is 0 Å². The van der Waals surface area contributed by atoms with E-state index in [9.17, 15) is 13.2 Å². The van der Waals surface area contributed by atoms with Crippen molar-refractivity contribution in [2.24, 2.45) is 0 Å². The lowest BCUT2D eigenvalue weighted by Crippen LogP contribution is -2.49. The number of hydrogen-bond acceptors (Lipinski definition) is 5. The summed E-state index contributed by atoms with van der Waals surface area (Å²) in [6.45, 7) is 1.05. The van der Waals surface area contributed by atoms with E-state index < -0.39 is 10.1 Å². The Morgan fingerprint density at radius 2 is 2.04 bits per heavy atom. The Labute approximate surface area is 147 Å². The molecule has 1 amide bonds. The van der Waals surface area contributed by atoms with Gasteiger partial charge < -0.3 is 9.80 Å². The summed E-state index contributed by atoms with van der Waals surface area (Å²) < 4.78 is 30.6. The van der Waals surface area contributed by atoms with Crippen LogP contribution in [0.25, 0.3) is 0 Å². The van der Waals surface area contributed by atoms with E-state index in [0.717, 1.165) is 18.1 Å². The molecule has 6 nitrogen and oxygen atoms in total. The standard InChI is InChI=1S/C14H28N2O4S3/c1-16(2,9-5-11-23(18,19)20)12-15-14(17)7-4-3-6-13-8-10-21-22-13/h13H,3-12H2,1-2H3,(H-,15,17,18,19,20)/p+1. The first kappa shape index (κ1) is 21.1. The topological polar surface area (TPSA) is 83.5 Å². The van der Waals surface area contributed by atoms with Crippen molar-refractivity contribution in [3.63, 3.8) is 0 Å². The Morgan fingerprint density at radius 3 is 2.65 bits per heavy atom. The monoisotopic (exact) mass is 385 g/mol. The minimum Gasteiger partial charge on any atom is -0.311 e. The molecule has 1 atom stereocenters.